The molecule has 2 heterocycles. The third-order valence-corrected chi connectivity index (χ3v) is 4.82. The summed E-state index contributed by atoms with van der Waals surface area (Å²) in [6.45, 7) is 6.38. The molecule has 0 aliphatic carbocycles. The average Bonchev–Trinajstić information content (AvgIpc) is 3.17. The standard InChI is InChI=1S/C20H28N4O2/c1-5-17-16(11-24(4)22-17)14-8-7-9-15(10-14)20(25)21-18-12-23(3)13-19(18)26-6-2/h7-11,18-19H,5-6,12-13H2,1-4H3,(H,21,25)/t18-,19-/m0/s1. The van der Waals surface area contributed by atoms with Crippen LogP contribution in [0.4, 0.5) is 0 Å². The van der Waals surface area contributed by atoms with E-state index < -0.39 is 0 Å². The van der Waals surface area contributed by atoms with Gasteiger partial charge in [-0.25, -0.2) is 0 Å². The summed E-state index contributed by atoms with van der Waals surface area (Å²) in [6.07, 6.45) is 2.91. The van der Waals surface area contributed by atoms with Gasteiger partial charge in [-0.15, -0.1) is 0 Å². The molecule has 1 aromatic heterocycles. The number of benzene rings is 1. The maximum atomic E-state index is 12.8. The molecular weight excluding hydrogens is 328 g/mol. The van der Waals surface area contributed by atoms with Crippen LogP contribution in [0.5, 0.6) is 0 Å². The highest BCUT2D eigenvalue weighted by Crippen LogP contribution is 2.24. The maximum absolute atomic E-state index is 12.8. The van der Waals surface area contributed by atoms with E-state index in [2.05, 4.69) is 22.2 Å². The Morgan fingerprint density at radius 2 is 2.12 bits per heavy atom. The molecule has 1 saturated heterocycles. The van der Waals surface area contributed by atoms with Gasteiger partial charge in [-0.3, -0.25) is 9.48 Å². The average molecular weight is 356 g/mol. The topological polar surface area (TPSA) is 59.4 Å². The van der Waals surface area contributed by atoms with Crippen molar-refractivity contribution in [3.63, 3.8) is 0 Å². The molecule has 0 saturated carbocycles. The molecule has 2 atom stereocenters. The number of carbonyl (C=O) groups is 1. The van der Waals surface area contributed by atoms with Gasteiger partial charge in [0.25, 0.3) is 5.91 Å². The number of ether oxygens (including phenoxy) is 1. The van der Waals surface area contributed by atoms with Crippen LogP contribution in [0.2, 0.25) is 0 Å². The first-order valence-corrected chi connectivity index (χ1v) is 9.25. The predicted molar refractivity (Wildman–Crippen MR) is 102 cm³/mol. The number of hydrogen-bond donors (Lipinski definition) is 1. The molecule has 2 aromatic rings. The van der Waals surface area contributed by atoms with Gasteiger partial charge in [0, 0.05) is 44.1 Å². The van der Waals surface area contributed by atoms with Gasteiger partial charge in [-0.2, -0.15) is 5.10 Å². The van der Waals surface area contributed by atoms with Crippen molar-refractivity contribution in [2.75, 3.05) is 26.7 Å². The van der Waals surface area contributed by atoms with Gasteiger partial charge in [-0.1, -0.05) is 19.1 Å². The van der Waals surface area contributed by atoms with Gasteiger partial charge in [0.15, 0.2) is 0 Å². The Bertz CT molecular complexity index is 771. The van der Waals surface area contributed by atoms with Crippen molar-refractivity contribution in [3.05, 3.63) is 41.7 Å². The minimum atomic E-state index is -0.0567. The first-order valence-electron chi connectivity index (χ1n) is 9.25. The summed E-state index contributed by atoms with van der Waals surface area (Å²) < 4.78 is 7.60. The van der Waals surface area contributed by atoms with Crippen molar-refractivity contribution in [2.45, 2.75) is 32.4 Å². The number of aryl methyl sites for hydroxylation is 2. The number of aromatic nitrogens is 2. The zero-order valence-electron chi connectivity index (χ0n) is 16.0. The fourth-order valence-corrected chi connectivity index (χ4v) is 3.60. The highest BCUT2D eigenvalue weighted by atomic mass is 16.5. The molecule has 1 amide bonds. The van der Waals surface area contributed by atoms with E-state index in [4.69, 9.17) is 4.74 Å². The summed E-state index contributed by atoms with van der Waals surface area (Å²) in [6, 6.07) is 7.77. The van der Waals surface area contributed by atoms with Crippen molar-refractivity contribution < 1.29 is 9.53 Å². The Balaban J connectivity index is 1.78. The molecular formula is C20H28N4O2. The second-order valence-electron chi connectivity index (χ2n) is 6.89. The van der Waals surface area contributed by atoms with Crippen LogP contribution < -0.4 is 5.32 Å². The zero-order valence-corrected chi connectivity index (χ0v) is 16.0. The van der Waals surface area contributed by atoms with Gasteiger partial charge in [-0.05, 0) is 38.1 Å². The van der Waals surface area contributed by atoms with Crippen molar-refractivity contribution >= 4 is 5.91 Å². The van der Waals surface area contributed by atoms with E-state index in [1.165, 1.54) is 0 Å². The second kappa shape index (κ2) is 8.01. The molecule has 0 unspecified atom stereocenters. The van der Waals surface area contributed by atoms with Gasteiger partial charge >= 0.3 is 0 Å². The molecule has 1 aromatic carbocycles. The minimum Gasteiger partial charge on any atom is -0.375 e. The first-order chi connectivity index (χ1) is 12.5. The summed E-state index contributed by atoms with van der Waals surface area (Å²) in [5, 5.41) is 7.64. The molecule has 0 bridgehead atoms. The molecule has 1 aliphatic heterocycles. The molecule has 0 radical (unpaired) electrons. The summed E-state index contributed by atoms with van der Waals surface area (Å²) in [7, 11) is 3.97. The number of likely N-dealkylation sites (tertiary alicyclic amines) is 1. The predicted octanol–water partition coefficient (Wildman–Crippen LogP) is 2.10. The Hall–Kier alpha value is -2.18. The highest BCUT2D eigenvalue weighted by Gasteiger charge is 2.32. The van der Waals surface area contributed by atoms with Crippen molar-refractivity contribution in [1.29, 1.82) is 0 Å². The largest absolute Gasteiger partial charge is 0.375 e. The van der Waals surface area contributed by atoms with E-state index in [1.54, 1.807) is 0 Å². The lowest BCUT2D eigenvalue weighted by molar-refractivity contribution is 0.0513. The van der Waals surface area contributed by atoms with Crippen molar-refractivity contribution in [3.8, 4) is 11.1 Å². The molecule has 3 rings (SSSR count). The van der Waals surface area contributed by atoms with Crippen LogP contribution in [0.15, 0.2) is 30.5 Å². The van der Waals surface area contributed by atoms with Crippen molar-refractivity contribution in [1.82, 2.24) is 20.0 Å². The van der Waals surface area contributed by atoms with E-state index >= 15 is 0 Å². The first kappa shape index (κ1) is 18.6. The fourth-order valence-electron chi connectivity index (χ4n) is 3.60. The Morgan fingerprint density at radius 3 is 2.85 bits per heavy atom. The Labute approximate surface area is 155 Å². The van der Waals surface area contributed by atoms with E-state index in [1.807, 2.05) is 56.2 Å². The van der Waals surface area contributed by atoms with Crippen LogP contribution in [0, 0.1) is 0 Å². The normalized spacial score (nSPS) is 20.5. The number of nitrogens with one attached hydrogen (secondary N) is 1. The van der Waals surface area contributed by atoms with Crippen LogP contribution in [0.1, 0.15) is 29.9 Å². The Kier molecular flexibility index (Phi) is 5.74. The monoisotopic (exact) mass is 356 g/mol. The smallest absolute Gasteiger partial charge is 0.251 e. The van der Waals surface area contributed by atoms with Crippen LogP contribution >= 0.6 is 0 Å². The lowest BCUT2D eigenvalue weighted by Gasteiger charge is -2.20. The van der Waals surface area contributed by atoms with Crippen LogP contribution in [-0.2, 0) is 18.2 Å². The maximum Gasteiger partial charge on any atom is 0.251 e. The quantitative estimate of drug-likeness (QED) is 0.861. The third-order valence-electron chi connectivity index (χ3n) is 4.82. The minimum absolute atomic E-state index is 0.0145. The lowest BCUT2D eigenvalue weighted by atomic mass is 10.0. The van der Waals surface area contributed by atoms with Gasteiger partial charge in [0.05, 0.1) is 17.8 Å². The number of carbonyl (C=O) groups excluding carboxylic acids is 1. The molecule has 6 heteroatoms. The molecule has 140 valence electrons. The van der Waals surface area contributed by atoms with E-state index in [-0.39, 0.29) is 18.1 Å². The fraction of sp³-hybridized carbons (Fsp3) is 0.500. The number of likely N-dealkylation sites (N-methyl/N-ethyl adjacent to an activating group) is 1. The van der Waals surface area contributed by atoms with Crippen LogP contribution in [0.3, 0.4) is 0 Å². The molecule has 26 heavy (non-hydrogen) atoms. The molecule has 1 aliphatic rings. The molecule has 0 spiro atoms. The molecule has 1 N–H and O–H groups in total. The number of rotatable bonds is 6. The van der Waals surface area contributed by atoms with E-state index in [0.29, 0.717) is 12.2 Å². The molecule has 6 nitrogen and oxygen atoms in total. The highest BCUT2D eigenvalue weighted by molar-refractivity contribution is 5.95. The summed E-state index contributed by atoms with van der Waals surface area (Å²) >= 11 is 0. The Morgan fingerprint density at radius 1 is 1.31 bits per heavy atom. The number of nitrogens with zero attached hydrogens (tertiary/aromatic N) is 3. The van der Waals surface area contributed by atoms with Crippen LogP contribution in [-0.4, -0.2) is 59.5 Å². The molecule has 1 fully saturated rings. The van der Waals surface area contributed by atoms with E-state index in [9.17, 15) is 4.79 Å². The van der Waals surface area contributed by atoms with E-state index in [0.717, 1.165) is 36.3 Å². The van der Waals surface area contributed by atoms with Crippen LogP contribution in [0.25, 0.3) is 11.1 Å². The number of amides is 1. The second-order valence-corrected chi connectivity index (χ2v) is 6.89. The van der Waals surface area contributed by atoms with Crippen molar-refractivity contribution in [2.24, 2.45) is 7.05 Å². The summed E-state index contributed by atoms with van der Waals surface area (Å²) in [4.78, 5) is 15.0. The summed E-state index contributed by atoms with van der Waals surface area (Å²) in [5.41, 5.74) is 3.81. The lowest BCUT2D eigenvalue weighted by Crippen LogP contribution is -2.43. The van der Waals surface area contributed by atoms with Gasteiger partial charge < -0.3 is 15.0 Å². The number of hydrogen-bond acceptors (Lipinski definition) is 4. The van der Waals surface area contributed by atoms with Gasteiger partial charge in [0.2, 0.25) is 0 Å². The third kappa shape index (κ3) is 3.97. The summed E-state index contributed by atoms with van der Waals surface area (Å²) in [5.74, 6) is -0.0567. The zero-order chi connectivity index (χ0) is 18.7. The SMILES string of the molecule is CCO[C@H]1CN(C)C[C@@H]1NC(=O)c1cccc(-c2cn(C)nc2CC)c1. The van der Waals surface area contributed by atoms with Gasteiger partial charge in [0.1, 0.15) is 0 Å².